The molecular formula is C11H12ClN3O2. The van der Waals surface area contributed by atoms with E-state index in [2.05, 4.69) is 15.1 Å². The molecule has 0 aliphatic carbocycles. The Morgan fingerprint density at radius 1 is 1.47 bits per heavy atom. The summed E-state index contributed by atoms with van der Waals surface area (Å²) in [4.78, 5) is 8.24. The lowest BCUT2D eigenvalue weighted by Gasteiger charge is -2.01. The molecule has 2 heterocycles. The molecule has 0 amide bonds. The second-order valence-electron chi connectivity index (χ2n) is 3.64. The Hall–Kier alpha value is -1.46. The van der Waals surface area contributed by atoms with Crippen molar-refractivity contribution in [2.75, 3.05) is 0 Å². The third kappa shape index (κ3) is 3.01. The van der Waals surface area contributed by atoms with Gasteiger partial charge in [-0.25, -0.2) is 0 Å². The van der Waals surface area contributed by atoms with Crippen LogP contribution in [0.15, 0.2) is 22.9 Å². The highest BCUT2D eigenvalue weighted by Crippen LogP contribution is 2.16. The van der Waals surface area contributed by atoms with Crippen LogP contribution < -0.4 is 0 Å². The summed E-state index contributed by atoms with van der Waals surface area (Å²) in [5.74, 6) is 0.811. The first kappa shape index (κ1) is 12.0. The predicted octanol–water partition coefficient (Wildman–Crippen LogP) is 2.10. The van der Waals surface area contributed by atoms with E-state index in [0.717, 1.165) is 0 Å². The van der Waals surface area contributed by atoms with Crippen molar-refractivity contribution in [2.45, 2.75) is 25.9 Å². The average Bonchev–Trinajstić information content (AvgIpc) is 2.78. The van der Waals surface area contributed by atoms with Gasteiger partial charge in [0.1, 0.15) is 5.69 Å². The molecule has 1 N–H and O–H groups in total. The monoisotopic (exact) mass is 253 g/mol. The molecule has 5 nitrogen and oxygen atoms in total. The predicted molar refractivity (Wildman–Crippen MR) is 62.5 cm³/mol. The van der Waals surface area contributed by atoms with Crippen molar-refractivity contribution in [2.24, 2.45) is 0 Å². The van der Waals surface area contributed by atoms with Gasteiger partial charge >= 0.3 is 0 Å². The molecule has 6 heteroatoms. The van der Waals surface area contributed by atoms with Crippen molar-refractivity contribution >= 4 is 11.6 Å². The summed E-state index contributed by atoms with van der Waals surface area (Å²) in [6.45, 7) is 1.89. The molecule has 0 aromatic carbocycles. The molecule has 2 aromatic rings. The number of aromatic nitrogens is 3. The van der Waals surface area contributed by atoms with Gasteiger partial charge in [0.25, 0.3) is 0 Å². The number of halogens is 1. The number of pyridine rings is 1. The molecule has 17 heavy (non-hydrogen) atoms. The molecule has 1 unspecified atom stereocenters. The fourth-order valence-electron chi connectivity index (χ4n) is 1.30. The quantitative estimate of drug-likeness (QED) is 0.903. The Kier molecular flexibility index (Phi) is 3.71. The summed E-state index contributed by atoms with van der Waals surface area (Å²) in [5.41, 5.74) is 0.593. The molecule has 0 fully saturated rings. The number of hydrogen-bond acceptors (Lipinski definition) is 5. The fourth-order valence-corrected chi connectivity index (χ4v) is 1.41. The first-order valence-electron chi connectivity index (χ1n) is 5.31. The minimum Gasteiger partial charge on any atom is -0.393 e. The van der Waals surface area contributed by atoms with Crippen LogP contribution in [0.25, 0.3) is 11.5 Å². The van der Waals surface area contributed by atoms with Crippen LogP contribution in [-0.4, -0.2) is 26.3 Å². The van der Waals surface area contributed by atoms with Crippen LogP contribution in [0.3, 0.4) is 0 Å². The highest BCUT2D eigenvalue weighted by atomic mass is 35.5. The van der Waals surface area contributed by atoms with E-state index >= 15 is 0 Å². The number of nitrogens with zero attached hydrogens (tertiary/aromatic N) is 3. The maximum Gasteiger partial charge on any atom is 0.229 e. The second-order valence-corrected chi connectivity index (χ2v) is 4.08. The van der Waals surface area contributed by atoms with E-state index in [-0.39, 0.29) is 0 Å². The van der Waals surface area contributed by atoms with Gasteiger partial charge in [-0.3, -0.25) is 4.98 Å². The zero-order valence-corrected chi connectivity index (χ0v) is 10.1. The average molecular weight is 254 g/mol. The van der Waals surface area contributed by atoms with E-state index in [1.807, 2.05) is 6.92 Å². The number of hydrogen-bond donors (Lipinski definition) is 1. The second kappa shape index (κ2) is 5.25. The van der Waals surface area contributed by atoms with Gasteiger partial charge < -0.3 is 9.63 Å². The minimum atomic E-state index is -0.457. The molecule has 0 saturated heterocycles. The maximum atomic E-state index is 9.47. The van der Waals surface area contributed by atoms with E-state index in [4.69, 9.17) is 16.1 Å². The molecule has 2 aromatic heterocycles. The number of aliphatic hydroxyl groups is 1. The highest BCUT2D eigenvalue weighted by Gasteiger charge is 2.12. The summed E-state index contributed by atoms with van der Waals surface area (Å²) < 4.78 is 5.03. The van der Waals surface area contributed by atoms with Crippen LogP contribution >= 0.6 is 11.6 Å². The topological polar surface area (TPSA) is 72.0 Å². The van der Waals surface area contributed by atoms with Crippen LogP contribution in [0, 0.1) is 0 Å². The lowest BCUT2D eigenvalue weighted by molar-refractivity contribution is 0.158. The standard InChI is InChI=1S/C11H12ClN3O2/c1-2-8(16)5-10-14-11(15-17-10)9-4-3-7(12)6-13-9/h3-4,6,8,16H,2,5H2,1H3. The molecule has 2 rings (SSSR count). The molecular weight excluding hydrogens is 242 g/mol. The van der Waals surface area contributed by atoms with Crippen molar-refractivity contribution in [3.05, 3.63) is 29.2 Å². The SMILES string of the molecule is CCC(O)Cc1nc(-c2ccc(Cl)cn2)no1. The Morgan fingerprint density at radius 2 is 2.29 bits per heavy atom. The summed E-state index contributed by atoms with van der Waals surface area (Å²) >= 11 is 5.73. The third-order valence-corrected chi connectivity index (χ3v) is 2.53. The van der Waals surface area contributed by atoms with Gasteiger partial charge in [-0.2, -0.15) is 4.98 Å². The molecule has 0 aliphatic rings. The van der Waals surface area contributed by atoms with E-state index in [1.54, 1.807) is 12.1 Å². The first-order chi connectivity index (χ1) is 8.19. The van der Waals surface area contributed by atoms with Crippen LogP contribution in [0.1, 0.15) is 19.2 Å². The maximum absolute atomic E-state index is 9.47. The summed E-state index contributed by atoms with van der Waals surface area (Å²) in [6, 6.07) is 3.42. The van der Waals surface area contributed by atoms with E-state index < -0.39 is 6.10 Å². The van der Waals surface area contributed by atoms with E-state index in [0.29, 0.717) is 35.3 Å². The third-order valence-electron chi connectivity index (χ3n) is 2.31. The largest absolute Gasteiger partial charge is 0.393 e. The zero-order valence-electron chi connectivity index (χ0n) is 9.30. The molecule has 1 atom stereocenters. The van der Waals surface area contributed by atoms with Crippen LogP contribution in [0.5, 0.6) is 0 Å². The van der Waals surface area contributed by atoms with Crippen LogP contribution in [0.2, 0.25) is 5.02 Å². The first-order valence-corrected chi connectivity index (χ1v) is 5.69. The van der Waals surface area contributed by atoms with Crippen molar-refractivity contribution in [3.63, 3.8) is 0 Å². The fraction of sp³-hybridized carbons (Fsp3) is 0.364. The number of aliphatic hydroxyl groups excluding tert-OH is 1. The Balaban J connectivity index is 2.15. The van der Waals surface area contributed by atoms with Gasteiger partial charge in [0.2, 0.25) is 11.7 Å². The van der Waals surface area contributed by atoms with Crippen molar-refractivity contribution in [1.82, 2.24) is 15.1 Å². The molecule has 0 spiro atoms. The van der Waals surface area contributed by atoms with E-state index in [1.165, 1.54) is 6.20 Å². The molecule has 0 aliphatic heterocycles. The molecule has 0 bridgehead atoms. The molecule has 0 radical (unpaired) electrons. The van der Waals surface area contributed by atoms with Gasteiger partial charge in [-0.15, -0.1) is 0 Å². The lowest BCUT2D eigenvalue weighted by atomic mass is 10.2. The van der Waals surface area contributed by atoms with Crippen LogP contribution in [0.4, 0.5) is 0 Å². The van der Waals surface area contributed by atoms with Gasteiger partial charge in [-0.05, 0) is 18.6 Å². The van der Waals surface area contributed by atoms with Gasteiger partial charge in [0, 0.05) is 6.20 Å². The smallest absolute Gasteiger partial charge is 0.229 e. The minimum absolute atomic E-state index is 0.358. The Bertz CT molecular complexity index is 484. The summed E-state index contributed by atoms with van der Waals surface area (Å²) in [5, 5.41) is 13.8. The number of rotatable bonds is 4. The molecule has 90 valence electrons. The van der Waals surface area contributed by atoms with E-state index in [9.17, 15) is 5.11 Å². The Morgan fingerprint density at radius 3 is 2.94 bits per heavy atom. The zero-order chi connectivity index (χ0) is 12.3. The van der Waals surface area contributed by atoms with Gasteiger partial charge in [0.15, 0.2) is 0 Å². The molecule has 0 saturated carbocycles. The normalized spacial score (nSPS) is 12.6. The van der Waals surface area contributed by atoms with Crippen molar-refractivity contribution in [1.29, 1.82) is 0 Å². The van der Waals surface area contributed by atoms with Gasteiger partial charge in [-0.1, -0.05) is 23.7 Å². The highest BCUT2D eigenvalue weighted by molar-refractivity contribution is 6.30. The van der Waals surface area contributed by atoms with Crippen molar-refractivity contribution < 1.29 is 9.63 Å². The van der Waals surface area contributed by atoms with Gasteiger partial charge in [0.05, 0.1) is 17.5 Å². The summed E-state index contributed by atoms with van der Waals surface area (Å²) in [6.07, 6.45) is 2.07. The summed E-state index contributed by atoms with van der Waals surface area (Å²) in [7, 11) is 0. The van der Waals surface area contributed by atoms with Crippen LogP contribution in [-0.2, 0) is 6.42 Å². The van der Waals surface area contributed by atoms with Crippen molar-refractivity contribution in [3.8, 4) is 11.5 Å². The lowest BCUT2D eigenvalue weighted by Crippen LogP contribution is -2.08. The Labute approximate surface area is 103 Å².